The fourth-order valence-corrected chi connectivity index (χ4v) is 3.34. The Labute approximate surface area is 173 Å². The molecule has 0 radical (unpaired) electrons. The lowest BCUT2D eigenvalue weighted by molar-refractivity contribution is -0.145. The Bertz CT molecular complexity index is 612. The van der Waals surface area contributed by atoms with Crippen molar-refractivity contribution >= 4 is 34.1 Å². The number of aliphatic hydroxyl groups excluding tert-OH is 1. The van der Waals surface area contributed by atoms with Crippen molar-refractivity contribution in [1.29, 1.82) is 5.26 Å². The van der Waals surface area contributed by atoms with Crippen LogP contribution in [-0.2, 0) is 9.53 Å². The fraction of sp³-hybridized carbons (Fsp3) is 0.571. The molecule has 0 heterocycles. The zero-order valence-electron chi connectivity index (χ0n) is 16.9. The molecule has 0 spiro atoms. The van der Waals surface area contributed by atoms with Gasteiger partial charge in [-0.15, -0.1) is 11.8 Å². The Hall–Kier alpha value is -1.42. The number of ether oxygens (including phenoxy) is 1. The molecule has 1 atom stereocenters. The second-order valence-corrected chi connectivity index (χ2v) is 9.20. The highest BCUT2D eigenvalue weighted by Gasteiger charge is 2.28. The highest BCUT2D eigenvalue weighted by atomic mass is 32.2. The molecule has 1 aromatic carbocycles. The first kappa shape index (κ1) is 25.6. The Kier molecular flexibility index (Phi) is 13.0. The first-order valence-electron chi connectivity index (χ1n) is 9.10. The summed E-state index contributed by atoms with van der Waals surface area (Å²) < 4.78 is 5.70. The van der Waals surface area contributed by atoms with Gasteiger partial charge in [-0.2, -0.15) is 5.26 Å². The van der Waals surface area contributed by atoms with E-state index in [2.05, 4.69) is 32.0 Å². The number of benzene rings is 1. The zero-order valence-corrected chi connectivity index (χ0v) is 18.5. The van der Waals surface area contributed by atoms with Gasteiger partial charge in [0.15, 0.2) is 0 Å². The van der Waals surface area contributed by atoms with E-state index in [0.29, 0.717) is 11.7 Å². The van der Waals surface area contributed by atoms with E-state index in [-0.39, 0.29) is 31.5 Å². The number of thioether (sulfide) groups is 1. The molecule has 0 aliphatic carbocycles. The highest BCUT2D eigenvalue weighted by molar-refractivity contribution is 8.24. The maximum atomic E-state index is 11.1. The molecule has 1 unspecified atom stereocenters. The number of rotatable bonds is 8. The van der Waals surface area contributed by atoms with Crippen LogP contribution in [-0.4, -0.2) is 33.7 Å². The number of aliphatic hydroxyl groups is 1. The van der Waals surface area contributed by atoms with Crippen LogP contribution in [0.15, 0.2) is 30.3 Å². The van der Waals surface area contributed by atoms with Gasteiger partial charge in [0, 0.05) is 11.7 Å². The van der Waals surface area contributed by atoms with E-state index < -0.39 is 5.41 Å². The summed E-state index contributed by atoms with van der Waals surface area (Å²) >= 11 is 7.00. The van der Waals surface area contributed by atoms with Gasteiger partial charge in [0.2, 0.25) is 0 Å². The van der Waals surface area contributed by atoms with Crippen LogP contribution in [0.25, 0.3) is 0 Å². The van der Waals surface area contributed by atoms with Crippen LogP contribution in [0.3, 0.4) is 0 Å². The van der Waals surface area contributed by atoms with Crippen LogP contribution in [0.5, 0.6) is 0 Å². The molecule has 6 heteroatoms. The molecule has 0 saturated heterocycles. The maximum Gasteiger partial charge on any atom is 0.305 e. The predicted molar refractivity (Wildman–Crippen MR) is 117 cm³/mol. The van der Waals surface area contributed by atoms with Gasteiger partial charge in [-0.25, -0.2) is 0 Å². The minimum atomic E-state index is -0.488. The van der Waals surface area contributed by atoms with Gasteiger partial charge in [0.05, 0.1) is 22.3 Å². The summed E-state index contributed by atoms with van der Waals surface area (Å²) in [5.74, 6) is -0.153. The topological polar surface area (TPSA) is 70.3 Å². The number of nitriles is 1. The molecule has 0 aromatic heterocycles. The van der Waals surface area contributed by atoms with Gasteiger partial charge in [0.1, 0.15) is 6.61 Å². The second kappa shape index (κ2) is 13.7. The number of esters is 1. The quantitative estimate of drug-likeness (QED) is 0.482. The molecule has 0 bridgehead atoms. The van der Waals surface area contributed by atoms with Gasteiger partial charge in [-0.05, 0) is 24.8 Å². The number of hydrogen-bond acceptors (Lipinski definition) is 6. The van der Waals surface area contributed by atoms with Crippen LogP contribution >= 0.6 is 24.0 Å². The summed E-state index contributed by atoms with van der Waals surface area (Å²) in [5.41, 5.74) is 0.671. The third-order valence-corrected chi connectivity index (χ3v) is 5.53. The van der Waals surface area contributed by atoms with Crippen molar-refractivity contribution in [3.05, 3.63) is 35.9 Å². The summed E-state index contributed by atoms with van der Waals surface area (Å²) in [7, 11) is 0. The van der Waals surface area contributed by atoms with Gasteiger partial charge < -0.3 is 9.84 Å². The number of thiocarbonyl (C=S) groups is 1. The first-order chi connectivity index (χ1) is 12.7. The SMILES string of the molecule is CC(C)C(C)(C#N)CCC(=O)OCCO.CC(C)SC(=S)c1ccccc1. The second-order valence-electron chi connectivity index (χ2n) is 6.95. The number of carbonyl (C=O) groups excluding carboxylic acids is 1. The molecule has 0 aliphatic heterocycles. The molecular weight excluding hydrogens is 378 g/mol. The lowest BCUT2D eigenvalue weighted by Gasteiger charge is -2.25. The van der Waals surface area contributed by atoms with Crippen molar-refractivity contribution in [2.45, 2.75) is 52.7 Å². The monoisotopic (exact) mass is 409 g/mol. The summed E-state index contributed by atoms with van der Waals surface area (Å²) in [6.07, 6.45) is 0.716. The molecule has 27 heavy (non-hydrogen) atoms. The standard InChI is InChI=1S/C11H19NO3.C10H12S2/c1-9(2)11(3,8-12)5-4-10(14)15-7-6-13;1-8(2)12-10(11)9-6-4-3-5-7-9/h9,13H,4-7H2,1-3H3;3-8H,1-2H3. The minimum absolute atomic E-state index is 0.0315. The predicted octanol–water partition coefficient (Wildman–Crippen LogP) is 4.99. The van der Waals surface area contributed by atoms with Crippen LogP contribution in [0.1, 0.15) is 53.0 Å². The fourth-order valence-electron chi connectivity index (χ4n) is 1.92. The Morgan fingerprint density at radius 3 is 2.33 bits per heavy atom. The molecule has 0 fully saturated rings. The van der Waals surface area contributed by atoms with E-state index in [1.54, 1.807) is 11.8 Å². The van der Waals surface area contributed by atoms with Crippen LogP contribution < -0.4 is 0 Å². The van der Waals surface area contributed by atoms with Gasteiger partial charge in [0.25, 0.3) is 0 Å². The Balaban J connectivity index is 0.000000511. The third-order valence-electron chi connectivity index (χ3n) is 4.08. The number of carbonyl (C=O) groups is 1. The van der Waals surface area contributed by atoms with Gasteiger partial charge in [-0.3, -0.25) is 4.79 Å². The van der Waals surface area contributed by atoms with E-state index in [0.717, 1.165) is 9.76 Å². The number of nitrogens with zero attached hydrogens (tertiary/aromatic N) is 1. The minimum Gasteiger partial charge on any atom is -0.463 e. The first-order valence-corrected chi connectivity index (χ1v) is 10.4. The molecule has 0 amide bonds. The van der Waals surface area contributed by atoms with Crippen molar-refractivity contribution in [3.63, 3.8) is 0 Å². The van der Waals surface area contributed by atoms with E-state index >= 15 is 0 Å². The molecule has 4 nitrogen and oxygen atoms in total. The zero-order chi connectivity index (χ0) is 20.9. The Morgan fingerprint density at radius 2 is 1.89 bits per heavy atom. The van der Waals surface area contributed by atoms with Gasteiger partial charge >= 0.3 is 5.97 Å². The lowest BCUT2D eigenvalue weighted by atomic mass is 9.77. The molecular formula is C21H31NO3S2. The Morgan fingerprint density at radius 1 is 1.30 bits per heavy atom. The van der Waals surface area contributed by atoms with E-state index in [1.807, 2.05) is 39.0 Å². The van der Waals surface area contributed by atoms with Crippen LogP contribution in [0.4, 0.5) is 0 Å². The highest BCUT2D eigenvalue weighted by Crippen LogP contribution is 2.31. The van der Waals surface area contributed by atoms with Crippen molar-refractivity contribution in [2.75, 3.05) is 13.2 Å². The van der Waals surface area contributed by atoms with Crippen molar-refractivity contribution in [1.82, 2.24) is 0 Å². The van der Waals surface area contributed by atoms with Crippen molar-refractivity contribution < 1.29 is 14.6 Å². The third kappa shape index (κ3) is 11.1. The molecule has 0 saturated carbocycles. The summed E-state index contributed by atoms with van der Waals surface area (Å²) in [5, 5.41) is 18.0. The molecule has 1 N–H and O–H groups in total. The average Bonchev–Trinajstić information content (AvgIpc) is 2.64. The largest absolute Gasteiger partial charge is 0.463 e. The molecule has 1 aromatic rings. The van der Waals surface area contributed by atoms with E-state index in [9.17, 15) is 4.79 Å². The van der Waals surface area contributed by atoms with Crippen molar-refractivity contribution in [3.8, 4) is 6.07 Å². The maximum absolute atomic E-state index is 11.1. The van der Waals surface area contributed by atoms with E-state index in [4.69, 9.17) is 27.3 Å². The van der Waals surface area contributed by atoms with Crippen LogP contribution in [0.2, 0.25) is 0 Å². The lowest BCUT2D eigenvalue weighted by Crippen LogP contribution is -2.23. The van der Waals surface area contributed by atoms with Gasteiger partial charge in [-0.1, -0.05) is 70.2 Å². The normalized spacial score (nSPS) is 12.6. The van der Waals surface area contributed by atoms with Crippen molar-refractivity contribution in [2.24, 2.45) is 11.3 Å². The smallest absolute Gasteiger partial charge is 0.305 e. The summed E-state index contributed by atoms with van der Waals surface area (Å²) in [6.45, 7) is 9.94. The average molecular weight is 410 g/mol. The van der Waals surface area contributed by atoms with Crippen LogP contribution in [0, 0.1) is 22.7 Å². The molecule has 150 valence electrons. The van der Waals surface area contributed by atoms with E-state index in [1.165, 1.54) is 0 Å². The summed E-state index contributed by atoms with van der Waals surface area (Å²) in [4.78, 5) is 11.1. The summed E-state index contributed by atoms with van der Waals surface area (Å²) in [6, 6.07) is 12.4. The molecule has 1 rings (SSSR count). The number of hydrogen-bond donors (Lipinski definition) is 1. The molecule has 0 aliphatic rings.